The van der Waals surface area contributed by atoms with Crippen LogP contribution in [-0.2, 0) is 0 Å². The average molecular weight is 180 g/mol. The molecule has 1 fully saturated rings. The van der Waals surface area contributed by atoms with Crippen molar-refractivity contribution >= 4 is 0 Å². The number of nitrogens with zero attached hydrogens (tertiary/aromatic N) is 1. The Bertz CT molecular complexity index is 175. The molecule has 0 amide bonds. The molecule has 1 aliphatic carbocycles. The van der Waals surface area contributed by atoms with Gasteiger partial charge in [-0.25, -0.2) is 0 Å². The maximum atomic E-state index is 8.88. The number of nitriles is 1. The van der Waals surface area contributed by atoms with Crippen LogP contribution in [0.5, 0.6) is 0 Å². The summed E-state index contributed by atoms with van der Waals surface area (Å²) in [6.45, 7) is 5.10. The SMILES string of the molecule is CC(C)C(C#N)CNC1CCCC1. The first-order valence-corrected chi connectivity index (χ1v) is 5.37. The van der Waals surface area contributed by atoms with Crippen LogP contribution < -0.4 is 5.32 Å². The molecule has 1 saturated carbocycles. The lowest BCUT2D eigenvalue weighted by Crippen LogP contribution is -2.32. The normalized spacial score (nSPS) is 20.5. The van der Waals surface area contributed by atoms with Crippen molar-refractivity contribution in [3.05, 3.63) is 0 Å². The fourth-order valence-electron chi connectivity index (χ4n) is 1.85. The lowest BCUT2D eigenvalue weighted by molar-refractivity contribution is 0.407. The van der Waals surface area contributed by atoms with Gasteiger partial charge in [-0.05, 0) is 18.8 Å². The minimum absolute atomic E-state index is 0.181. The Morgan fingerprint density at radius 3 is 2.46 bits per heavy atom. The van der Waals surface area contributed by atoms with Crippen molar-refractivity contribution in [2.45, 2.75) is 45.6 Å². The first-order valence-electron chi connectivity index (χ1n) is 5.37. The zero-order chi connectivity index (χ0) is 9.68. The van der Waals surface area contributed by atoms with Crippen LogP contribution in [0.2, 0.25) is 0 Å². The van der Waals surface area contributed by atoms with Gasteiger partial charge in [0, 0.05) is 12.6 Å². The zero-order valence-corrected chi connectivity index (χ0v) is 8.71. The highest BCUT2D eigenvalue weighted by Crippen LogP contribution is 2.18. The summed E-state index contributed by atoms with van der Waals surface area (Å²) in [5.41, 5.74) is 0. The van der Waals surface area contributed by atoms with Gasteiger partial charge in [-0.1, -0.05) is 26.7 Å². The standard InChI is InChI=1S/C11H20N2/c1-9(2)10(7-12)8-13-11-5-3-4-6-11/h9-11,13H,3-6,8H2,1-2H3. The largest absolute Gasteiger partial charge is 0.313 e. The molecular formula is C11H20N2. The van der Waals surface area contributed by atoms with Gasteiger partial charge in [-0.2, -0.15) is 5.26 Å². The first kappa shape index (κ1) is 10.5. The molecule has 1 unspecified atom stereocenters. The van der Waals surface area contributed by atoms with Crippen molar-refractivity contribution in [1.29, 1.82) is 5.26 Å². The predicted octanol–water partition coefficient (Wildman–Crippen LogP) is 2.31. The van der Waals surface area contributed by atoms with E-state index in [1.54, 1.807) is 0 Å². The summed E-state index contributed by atoms with van der Waals surface area (Å²) in [5.74, 6) is 0.652. The summed E-state index contributed by atoms with van der Waals surface area (Å²) < 4.78 is 0. The van der Waals surface area contributed by atoms with Crippen LogP contribution in [0.3, 0.4) is 0 Å². The van der Waals surface area contributed by atoms with Crippen molar-refractivity contribution in [2.75, 3.05) is 6.54 Å². The molecule has 0 aromatic carbocycles. The van der Waals surface area contributed by atoms with Crippen LogP contribution >= 0.6 is 0 Å². The Morgan fingerprint density at radius 2 is 2.00 bits per heavy atom. The summed E-state index contributed by atoms with van der Waals surface area (Å²) in [6, 6.07) is 3.05. The zero-order valence-electron chi connectivity index (χ0n) is 8.71. The Balaban J connectivity index is 2.20. The summed E-state index contributed by atoms with van der Waals surface area (Å²) >= 11 is 0. The lowest BCUT2D eigenvalue weighted by atomic mass is 9.97. The van der Waals surface area contributed by atoms with Crippen molar-refractivity contribution in [2.24, 2.45) is 11.8 Å². The second kappa shape index (κ2) is 5.24. The number of rotatable bonds is 4. The van der Waals surface area contributed by atoms with E-state index >= 15 is 0 Å². The van der Waals surface area contributed by atoms with E-state index in [2.05, 4.69) is 25.2 Å². The van der Waals surface area contributed by atoms with E-state index in [4.69, 9.17) is 5.26 Å². The summed E-state index contributed by atoms with van der Waals surface area (Å²) in [7, 11) is 0. The van der Waals surface area contributed by atoms with E-state index in [0.717, 1.165) is 6.54 Å². The molecule has 1 N–H and O–H groups in total. The molecule has 0 aliphatic heterocycles. The molecular weight excluding hydrogens is 160 g/mol. The predicted molar refractivity (Wildman–Crippen MR) is 54.2 cm³/mol. The topological polar surface area (TPSA) is 35.8 Å². The Hall–Kier alpha value is -0.550. The Morgan fingerprint density at radius 1 is 1.38 bits per heavy atom. The highest BCUT2D eigenvalue weighted by molar-refractivity contribution is 4.88. The Kier molecular flexibility index (Phi) is 4.24. The van der Waals surface area contributed by atoms with Crippen LogP contribution in [0.4, 0.5) is 0 Å². The van der Waals surface area contributed by atoms with E-state index in [1.807, 2.05) is 0 Å². The van der Waals surface area contributed by atoms with Gasteiger partial charge < -0.3 is 5.32 Å². The highest BCUT2D eigenvalue weighted by atomic mass is 14.9. The molecule has 0 saturated heterocycles. The molecule has 2 heteroatoms. The van der Waals surface area contributed by atoms with Gasteiger partial charge in [0.25, 0.3) is 0 Å². The van der Waals surface area contributed by atoms with Crippen LogP contribution in [0, 0.1) is 23.2 Å². The van der Waals surface area contributed by atoms with Crippen LogP contribution in [-0.4, -0.2) is 12.6 Å². The van der Waals surface area contributed by atoms with Gasteiger partial charge in [-0.3, -0.25) is 0 Å². The van der Waals surface area contributed by atoms with Gasteiger partial charge in [-0.15, -0.1) is 0 Å². The molecule has 13 heavy (non-hydrogen) atoms. The molecule has 74 valence electrons. The van der Waals surface area contributed by atoms with E-state index < -0.39 is 0 Å². The van der Waals surface area contributed by atoms with E-state index in [9.17, 15) is 0 Å². The van der Waals surface area contributed by atoms with Crippen molar-refractivity contribution in [3.63, 3.8) is 0 Å². The van der Waals surface area contributed by atoms with E-state index in [-0.39, 0.29) is 5.92 Å². The maximum Gasteiger partial charge on any atom is 0.0671 e. The van der Waals surface area contributed by atoms with E-state index in [0.29, 0.717) is 12.0 Å². The second-order valence-corrected chi connectivity index (χ2v) is 4.37. The Labute approximate surface area is 81.3 Å². The third-order valence-electron chi connectivity index (χ3n) is 2.95. The van der Waals surface area contributed by atoms with Crippen LogP contribution in [0.15, 0.2) is 0 Å². The smallest absolute Gasteiger partial charge is 0.0671 e. The minimum Gasteiger partial charge on any atom is -0.313 e. The molecule has 0 spiro atoms. The van der Waals surface area contributed by atoms with E-state index in [1.165, 1.54) is 25.7 Å². The van der Waals surface area contributed by atoms with Gasteiger partial charge >= 0.3 is 0 Å². The molecule has 1 atom stereocenters. The minimum atomic E-state index is 0.181. The molecule has 0 aromatic rings. The van der Waals surface area contributed by atoms with Gasteiger partial charge in [0.15, 0.2) is 0 Å². The third-order valence-corrected chi connectivity index (χ3v) is 2.95. The maximum absolute atomic E-state index is 8.88. The van der Waals surface area contributed by atoms with Gasteiger partial charge in [0.1, 0.15) is 0 Å². The molecule has 1 rings (SSSR count). The molecule has 0 bridgehead atoms. The van der Waals surface area contributed by atoms with Gasteiger partial charge in [0.2, 0.25) is 0 Å². The first-order chi connectivity index (χ1) is 6.24. The number of nitrogens with one attached hydrogen (secondary N) is 1. The fraction of sp³-hybridized carbons (Fsp3) is 0.909. The molecule has 0 radical (unpaired) electrons. The molecule has 0 heterocycles. The third kappa shape index (κ3) is 3.36. The van der Waals surface area contributed by atoms with Crippen molar-refractivity contribution < 1.29 is 0 Å². The lowest BCUT2D eigenvalue weighted by Gasteiger charge is -2.17. The monoisotopic (exact) mass is 180 g/mol. The fourth-order valence-corrected chi connectivity index (χ4v) is 1.85. The highest BCUT2D eigenvalue weighted by Gasteiger charge is 2.17. The van der Waals surface area contributed by atoms with Crippen molar-refractivity contribution in [1.82, 2.24) is 5.32 Å². The number of hydrogen-bond donors (Lipinski definition) is 1. The van der Waals surface area contributed by atoms with Crippen LogP contribution in [0.25, 0.3) is 0 Å². The average Bonchev–Trinajstić information content (AvgIpc) is 2.57. The van der Waals surface area contributed by atoms with Crippen molar-refractivity contribution in [3.8, 4) is 6.07 Å². The molecule has 2 nitrogen and oxygen atoms in total. The second-order valence-electron chi connectivity index (χ2n) is 4.37. The summed E-state index contributed by atoms with van der Waals surface area (Å²) in [5, 5.41) is 12.4. The quantitative estimate of drug-likeness (QED) is 0.720. The summed E-state index contributed by atoms with van der Waals surface area (Å²) in [6.07, 6.45) is 5.32. The number of hydrogen-bond acceptors (Lipinski definition) is 2. The van der Waals surface area contributed by atoms with Crippen LogP contribution in [0.1, 0.15) is 39.5 Å². The summed E-state index contributed by atoms with van der Waals surface area (Å²) in [4.78, 5) is 0. The van der Waals surface area contributed by atoms with Gasteiger partial charge in [0.05, 0.1) is 12.0 Å². The molecule has 0 aromatic heterocycles. The molecule has 1 aliphatic rings.